The van der Waals surface area contributed by atoms with Gasteiger partial charge < -0.3 is 15.2 Å². The summed E-state index contributed by atoms with van der Waals surface area (Å²) < 4.78 is 41.7. The Bertz CT molecular complexity index is 764. The highest BCUT2D eigenvalue weighted by Crippen LogP contribution is 2.30. The number of halogens is 4. The third kappa shape index (κ3) is 3.99. The molecule has 1 aromatic heterocycles. The molecule has 1 aliphatic rings. The number of nitrogens with zero attached hydrogens (tertiary/aromatic N) is 3. The average molecular weight is 391 g/mol. The molecule has 1 saturated heterocycles. The topological polar surface area (TPSA) is 85.2 Å². The zero-order valence-corrected chi connectivity index (χ0v) is 14.7. The Morgan fingerprint density at radius 3 is 2.50 bits per heavy atom. The molecule has 10 heteroatoms. The van der Waals surface area contributed by atoms with Crippen LogP contribution in [0.4, 0.5) is 13.2 Å². The van der Waals surface area contributed by atoms with Crippen LogP contribution in [0.3, 0.4) is 0 Å². The summed E-state index contributed by atoms with van der Waals surface area (Å²) >= 11 is 0. The van der Waals surface area contributed by atoms with Crippen LogP contribution in [-0.4, -0.2) is 40.1 Å². The maximum atomic E-state index is 12.6. The van der Waals surface area contributed by atoms with Gasteiger partial charge in [0.1, 0.15) is 0 Å². The molecule has 142 valence electrons. The predicted molar refractivity (Wildman–Crippen MR) is 89.6 cm³/mol. The van der Waals surface area contributed by atoms with Gasteiger partial charge in [-0.15, -0.1) is 12.4 Å². The summed E-state index contributed by atoms with van der Waals surface area (Å²) in [5.74, 6) is -1.41. The van der Waals surface area contributed by atoms with Gasteiger partial charge in [0, 0.05) is 23.7 Å². The smallest absolute Gasteiger partial charge is 0.336 e. The summed E-state index contributed by atoms with van der Waals surface area (Å²) in [5, 5.41) is 3.32. The van der Waals surface area contributed by atoms with Crippen molar-refractivity contribution in [3.8, 4) is 11.4 Å². The van der Waals surface area contributed by atoms with E-state index in [2.05, 4.69) is 14.7 Å². The molecule has 2 atom stereocenters. The van der Waals surface area contributed by atoms with Crippen molar-refractivity contribution in [1.82, 2.24) is 15.0 Å². The van der Waals surface area contributed by atoms with Gasteiger partial charge in [-0.2, -0.15) is 18.2 Å². The van der Waals surface area contributed by atoms with Crippen molar-refractivity contribution in [2.24, 2.45) is 11.7 Å². The number of hydrogen-bond acceptors (Lipinski definition) is 5. The maximum Gasteiger partial charge on any atom is 0.471 e. The van der Waals surface area contributed by atoms with Crippen molar-refractivity contribution < 1.29 is 22.5 Å². The van der Waals surface area contributed by atoms with E-state index in [0.29, 0.717) is 30.1 Å². The highest BCUT2D eigenvalue weighted by molar-refractivity contribution is 5.95. The van der Waals surface area contributed by atoms with Crippen LogP contribution in [-0.2, 0) is 6.18 Å². The lowest BCUT2D eigenvalue weighted by Crippen LogP contribution is -2.34. The lowest BCUT2D eigenvalue weighted by molar-refractivity contribution is -0.159. The third-order valence-corrected chi connectivity index (χ3v) is 4.31. The monoisotopic (exact) mass is 390 g/mol. The van der Waals surface area contributed by atoms with E-state index in [1.165, 1.54) is 12.1 Å². The number of alkyl halides is 3. The minimum absolute atomic E-state index is 0. The Kier molecular flexibility index (Phi) is 5.92. The predicted octanol–water partition coefficient (Wildman–Crippen LogP) is 2.99. The number of benzene rings is 1. The molecule has 2 unspecified atom stereocenters. The van der Waals surface area contributed by atoms with Gasteiger partial charge in [0.15, 0.2) is 0 Å². The Morgan fingerprint density at radius 2 is 2.00 bits per heavy atom. The van der Waals surface area contributed by atoms with Gasteiger partial charge in [0.2, 0.25) is 5.82 Å². The number of nitrogens with two attached hydrogens (primary N) is 1. The fraction of sp³-hybridized carbons (Fsp3) is 0.438. The summed E-state index contributed by atoms with van der Waals surface area (Å²) in [4.78, 5) is 17.7. The molecule has 1 amide bonds. The van der Waals surface area contributed by atoms with Crippen LogP contribution in [0.25, 0.3) is 11.4 Å². The molecular weight excluding hydrogens is 373 g/mol. The van der Waals surface area contributed by atoms with Gasteiger partial charge in [-0.05, 0) is 37.9 Å². The Balaban J connectivity index is 0.00000243. The molecule has 3 rings (SSSR count). The minimum atomic E-state index is -4.69. The van der Waals surface area contributed by atoms with E-state index in [1.54, 1.807) is 17.0 Å². The van der Waals surface area contributed by atoms with Gasteiger partial charge >= 0.3 is 12.1 Å². The molecule has 0 bridgehead atoms. The van der Waals surface area contributed by atoms with E-state index in [0.717, 1.165) is 6.42 Å². The molecule has 1 fully saturated rings. The summed E-state index contributed by atoms with van der Waals surface area (Å²) in [5.41, 5.74) is 6.46. The maximum absolute atomic E-state index is 12.6. The van der Waals surface area contributed by atoms with Crippen LogP contribution in [0.15, 0.2) is 28.8 Å². The summed E-state index contributed by atoms with van der Waals surface area (Å²) in [6.07, 6.45) is -3.82. The molecule has 1 aromatic carbocycles. The lowest BCUT2D eigenvalue weighted by atomic mass is 10.1. The van der Waals surface area contributed by atoms with E-state index in [1.807, 2.05) is 6.92 Å². The van der Waals surface area contributed by atoms with E-state index < -0.39 is 12.1 Å². The Labute approximate surface area is 153 Å². The number of amides is 1. The molecule has 0 aliphatic carbocycles. The first-order valence-electron chi connectivity index (χ1n) is 7.82. The van der Waals surface area contributed by atoms with Gasteiger partial charge in [-0.3, -0.25) is 4.79 Å². The molecule has 1 aliphatic heterocycles. The zero-order valence-electron chi connectivity index (χ0n) is 13.9. The van der Waals surface area contributed by atoms with Gasteiger partial charge in [0.25, 0.3) is 5.91 Å². The van der Waals surface area contributed by atoms with Gasteiger partial charge in [-0.25, -0.2) is 0 Å². The van der Waals surface area contributed by atoms with E-state index in [4.69, 9.17) is 5.73 Å². The number of hydrogen-bond donors (Lipinski definition) is 1. The fourth-order valence-electron chi connectivity index (χ4n) is 2.98. The molecule has 26 heavy (non-hydrogen) atoms. The first kappa shape index (κ1) is 20.2. The first-order valence-corrected chi connectivity index (χ1v) is 7.82. The zero-order chi connectivity index (χ0) is 18.2. The van der Waals surface area contributed by atoms with Crippen LogP contribution < -0.4 is 5.73 Å². The van der Waals surface area contributed by atoms with Crippen LogP contribution >= 0.6 is 12.4 Å². The summed E-state index contributed by atoms with van der Waals surface area (Å²) in [7, 11) is 0. The van der Waals surface area contributed by atoms with E-state index in [9.17, 15) is 18.0 Å². The molecule has 0 radical (unpaired) electrons. The van der Waals surface area contributed by atoms with Crippen molar-refractivity contribution in [2.45, 2.75) is 25.6 Å². The van der Waals surface area contributed by atoms with Crippen molar-refractivity contribution in [3.05, 3.63) is 35.7 Å². The molecule has 2 N–H and O–H groups in total. The SMILES string of the molecule is CC1CC(CN)CN1C(=O)c1ccc(-c2noc(C(F)(F)F)n2)cc1.Cl. The molecule has 0 spiro atoms. The van der Waals surface area contributed by atoms with Gasteiger partial charge in [-0.1, -0.05) is 17.3 Å². The van der Waals surface area contributed by atoms with Crippen molar-refractivity contribution in [2.75, 3.05) is 13.1 Å². The van der Waals surface area contributed by atoms with Crippen LogP contribution in [0.1, 0.15) is 29.6 Å². The van der Waals surface area contributed by atoms with Crippen LogP contribution in [0.2, 0.25) is 0 Å². The fourth-order valence-corrected chi connectivity index (χ4v) is 2.98. The highest BCUT2D eigenvalue weighted by Gasteiger charge is 2.38. The lowest BCUT2D eigenvalue weighted by Gasteiger charge is -2.21. The first-order chi connectivity index (χ1) is 11.8. The quantitative estimate of drug-likeness (QED) is 0.870. The largest absolute Gasteiger partial charge is 0.471 e. The van der Waals surface area contributed by atoms with E-state index >= 15 is 0 Å². The number of aromatic nitrogens is 2. The molecule has 2 heterocycles. The van der Waals surface area contributed by atoms with Crippen molar-refractivity contribution >= 4 is 18.3 Å². The molecule has 2 aromatic rings. The van der Waals surface area contributed by atoms with Crippen molar-refractivity contribution in [3.63, 3.8) is 0 Å². The molecular formula is C16H18ClF3N4O2. The Hall–Kier alpha value is -2.13. The van der Waals surface area contributed by atoms with Gasteiger partial charge in [0.05, 0.1) is 0 Å². The van der Waals surface area contributed by atoms with Crippen molar-refractivity contribution in [1.29, 1.82) is 0 Å². The Morgan fingerprint density at radius 1 is 1.35 bits per heavy atom. The summed E-state index contributed by atoms with van der Waals surface area (Å²) in [6, 6.07) is 6.19. The second-order valence-electron chi connectivity index (χ2n) is 6.14. The minimum Gasteiger partial charge on any atom is -0.336 e. The number of carbonyl (C=O) groups excluding carboxylic acids is 1. The number of carbonyl (C=O) groups is 1. The number of likely N-dealkylation sites (tertiary alicyclic amines) is 1. The summed E-state index contributed by atoms with van der Waals surface area (Å²) in [6.45, 7) is 3.12. The average Bonchev–Trinajstić information content (AvgIpc) is 3.21. The van der Waals surface area contributed by atoms with Crippen LogP contribution in [0.5, 0.6) is 0 Å². The van der Waals surface area contributed by atoms with Crippen LogP contribution in [0, 0.1) is 5.92 Å². The second kappa shape index (κ2) is 7.63. The molecule has 6 nitrogen and oxygen atoms in total. The third-order valence-electron chi connectivity index (χ3n) is 4.31. The standard InChI is InChI=1S/C16H17F3N4O2.ClH/c1-9-6-10(7-20)8-23(9)14(24)12-4-2-11(3-5-12)13-21-15(25-22-13)16(17,18)19;/h2-5,9-10H,6-8,20H2,1H3;1H. The number of rotatable bonds is 3. The van der Waals surface area contributed by atoms with E-state index in [-0.39, 0.29) is 30.2 Å². The second-order valence-corrected chi connectivity index (χ2v) is 6.14. The molecule has 0 saturated carbocycles. The normalized spacial score (nSPS) is 20.1. The highest BCUT2D eigenvalue weighted by atomic mass is 35.5.